The van der Waals surface area contributed by atoms with Gasteiger partial charge in [0.05, 0.1) is 12.8 Å². The summed E-state index contributed by atoms with van der Waals surface area (Å²) in [5, 5.41) is 0. The second-order valence-corrected chi connectivity index (χ2v) is 6.90. The molecule has 27 heavy (non-hydrogen) atoms. The average Bonchev–Trinajstić information content (AvgIpc) is 2.74. The lowest BCUT2D eigenvalue weighted by atomic mass is 10.0. The van der Waals surface area contributed by atoms with Crippen LogP contribution in [0.1, 0.15) is 25.1 Å². The molecule has 1 fully saturated rings. The average molecular weight is 360 g/mol. The molecule has 0 radical (unpaired) electrons. The molecule has 0 spiro atoms. The van der Waals surface area contributed by atoms with Crippen molar-refractivity contribution in [3.63, 3.8) is 0 Å². The Morgan fingerprint density at radius 1 is 0.852 bits per heavy atom. The Kier molecular flexibility index (Phi) is 5.01. The fourth-order valence-corrected chi connectivity index (χ4v) is 3.51. The molecule has 1 aliphatic heterocycles. The van der Waals surface area contributed by atoms with Crippen LogP contribution < -0.4 is 9.64 Å². The summed E-state index contributed by atoms with van der Waals surface area (Å²) in [7, 11) is 1.68. The van der Waals surface area contributed by atoms with E-state index in [9.17, 15) is 0 Å². The van der Waals surface area contributed by atoms with Crippen LogP contribution in [0.2, 0.25) is 0 Å². The molecule has 1 aromatic carbocycles. The number of aryl methyl sites for hydroxylation is 1. The Morgan fingerprint density at radius 2 is 1.59 bits per heavy atom. The van der Waals surface area contributed by atoms with Crippen LogP contribution in [-0.2, 0) is 0 Å². The van der Waals surface area contributed by atoms with Crippen molar-refractivity contribution in [1.82, 2.24) is 15.0 Å². The highest BCUT2D eigenvalue weighted by Crippen LogP contribution is 2.28. The molecule has 3 aromatic rings. The number of rotatable bonds is 4. The van der Waals surface area contributed by atoms with Crippen molar-refractivity contribution in [2.24, 2.45) is 0 Å². The minimum absolute atomic E-state index is 0.794. The first-order chi connectivity index (χ1) is 13.2. The topological polar surface area (TPSA) is 51.1 Å². The van der Waals surface area contributed by atoms with E-state index in [1.54, 1.807) is 7.11 Å². The number of methoxy groups -OCH3 is 1. The predicted molar refractivity (Wildman–Crippen MR) is 108 cm³/mol. The number of pyridine rings is 1. The van der Waals surface area contributed by atoms with Gasteiger partial charge in [-0.15, -0.1) is 0 Å². The third-order valence-corrected chi connectivity index (χ3v) is 4.96. The van der Waals surface area contributed by atoms with E-state index in [2.05, 4.69) is 32.0 Å². The summed E-state index contributed by atoms with van der Waals surface area (Å²) in [4.78, 5) is 16.1. The van der Waals surface area contributed by atoms with Gasteiger partial charge < -0.3 is 9.64 Å². The van der Waals surface area contributed by atoms with E-state index in [1.165, 1.54) is 19.3 Å². The number of anilines is 1. The molecule has 1 aliphatic rings. The van der Waals surface area contributed by atoms with Crippen LogP contribution in [0.4, 0.5) is 5.82 Å². The molecule has 0 aliphatic carbocycles. The SMILES string of the molecule is COc1ccc(-c2cncc(-c3cc(N4CCCCC4)nc(C)n3)c2)cc1. The van der Waals surface area contributed by atoms with Crippen molar-refractivity contribution in [1.29, 1.82) is 0 Å². The Morgan fingerprint density at radius 3 is 2.33 bits per heavy atom. The van der Waals surface area contributed by atoms with Gasteiger partial charge in [0.1, 0.15) is 17.4 Å². The lowest BCUT2D eigenvalue weighted by Gasteiger charge is -2.28. The number of benzene rings is 1. The van der Waals surface area contributed by atoms with Crippen molar-refractivity contribution >= 4 is 5.82 Å². The Balaban J connectivity index is 1.67. The standard InChI is InChI=1S/C22H24N4O/c1-16-24-21(13-22(25-16)26-10-4-3-5-11-26)19-12-18(14-23-15-19)17-6-8-20(27-2)9-7-17/h6-9,12-15H,3-5,10-11H2,1-2H3. The maximum absolute atomic E-state index is 5.24. The second-order valence-electron chi connectivity index (χ2n) is 6.90. The first kappa shape index (κ1) is 17.5. The van der Waals surface area contributed by atoms with Crippen LogP contribution >= 0.6 is 0 Å². The van der Waals surface area contributed by atoms with Gasteiger partial charge in [0.2, 0.25) is 0 Å². The zero-order chi connectivity index (χ0) is 18.6. The largest absolute Gasteiger partial charge is 0.497 e. The van der Waals surface area contributed by atoms with Gasteiger partial charge in [0, 0.05) is 42.7 Å². The minimum atomic E-state index is 0.794. The third kappa shape index (κ3) is 3.92. The molecule has 0 atom stereocenters. The number of hydrogen-bond acceptors (Lipinski definition) is 5. The Bertz CT molecular complexity index is 918. The summed E-state index contributed by atoms with van der Waals surface area (Å²) >= 11 is 0. The van der Waals surface area contributed by atoms with E-state index >= 15 is 0 Å². The molecule has 2 aromatic heterocycles. The van der Waals surface area contributed by atoms with E-state index in [0.29, 0.717) is 0 Å². The van der Waals surface area contributed by atoms with Gasteiger partial charge >= 0.3 is 0 Å². The number of piperidine rings is 1. The van der Waals surface area contributed by atoms with Crippen LogP contribution in [0, 0.1) is 6.92 Å². The first-order valence-corrected chi connectivity index (χ1v) is 9.43. The smallest absolute Gasteiger partial charge is 0.132 e. The maximum atomic E-state index is 5.24. The van der Waals surface area contributed by atoms with Gasteiger partial charge in [-0.05, 0) is 49.9 Å². The highest BCUT2D eigenvalue weighted by atomic mass is 16.5. The van der Waals surface area contributed by atoms with E-state index in [1.807, 2.05) is 43.6 Å². The van der Waals surface area contributed by atoms with E-state index in [4.69, 9.17) is 4.74 Å². The second kappa shape index (κ2) is 7.74. The molecule has 0 bridgehead atoms. The summed E-state index contributed by atoms with van der Waals surface area (Å²) in [6.45, 7) is 4.10. The predicted octanol–water partition coefficient (Wildman–Crippen LogP) is 4.51. The first-order valence-electron chi connectivity index (χ1n) is 9.43. The van der Waals surface area contributed by atoms with Crippen LogP contribution in [-0.4, -0.2) is 35.2 Å². The third-order valence-electron chi connectivity index (χ3n) is 4.96. The van der Waals surface area contributed by atoms with Gasteiger partial charge in [-0.3, -0.25) is 4.98 Å². The van der Waals surface area contributed by atoms with Crippen LogP contribution in [0.3, 0.4) is 0 Å². The van der Waals surface area contributed by atoms with E-state index in [0.717, 1.165) is 52.9 Å². The quantitative estimate of drug-likeness (QED) is 0.685. The highest BCUT2D eigenvalue weighted by Gasteiger charge is 2.15. The molecule has 0 saturated carbocycles. The number of nitrogens with zero attached hydrogens (tertiary/aromatic N) is 4. The van der Waals surface area contributed by atoms with Gasteiger partial charge in [-0.1, -0.05) is 12.1 Å². The Hall–Kier alpha value is -2.95. The van der Waals surface area contributed by atoms with Gasteiger partial charge in [-0.25, -0.2) is 9.97 Å². The van der Waals surface area contributed by atoms with E-state index in [-0.39, 0.29) is 0 Å². The number of hydrogen-bond donors (Lipinski definition) is 0. The molecule has 0 unspecified atom stereocenters. The fourth-order valence-electron chi connectivity index (χ4n) is 3.51. The Labute approximate surface area is 160 Å². The summed E-state index contributed by atoms with van der Waals surface area (Å²) in [5.74, 6) is 2.66. The lowest BCUT2D eigenvalue weighted by Crippen LogP contribution is -2.30. The molecule has 5 nitrogen and oxygen atoms in total. The van der Waals surface area contributed by atoms with Gasteiger partial charge in [0.25, 0.3) is 0 Å². The number of aromatic nitrogens is 3. The van der Waals surface area contributed by atoms with Crippen molar-refractivity contribution in [2.45, 2.75) is 26.2 Å². The normalized spacial score (nSPS) is 14.2. The van der Waals surface area contributed by atoms with Crippen molar-refractivity contribution < 1.29 is 4.74 Å². The van der Waals surface area contributed by atoms with Crippen LogP contribution in [0.15, 0.2) is 48.8 Å². The fraction of sp³-hybridized carbons (Fsp3) is 0.318. The monoisotopic (exact) mass is 360 g/mol. The molecular formula is C22H24N4O. The highest BCUT2D eigenvalue weighted by molar-refractivity contribution is 5.71. The molecular weight excluding hydrogens is 336 g/mol. The minimum Gasteiger partial charge on any atom is -0.497 e. The summed E-state index contributed by atoms with van der Waals surface area (Å²) in [5.41, 5.74) is 4.09. The van der Waals surface area contributed by atoms with E-state index < -0.39 is 0 Å². The molecule has 5 heteroatoms. The van der Waals surface area contributed by atoms with Crippen LogP contribution in [0.5, 0.6) is 5.75 Å². The maximum Gasteiger partial charge on any atom is 0.132 e. The molecule has 4 rings (SSSR count). The summed E-state index contributed by atoms with van der Waals surface area (Å²) in [6, 6.07) is 12.2. The van der Waals surface area contributed by atoms with Gasteiger partial charge in [0.15, 0.2) is 0 Å². The zero-order valence-electron chi connectivity index (χ0n) is 15.9. The molecule has 138 valence electrons. The van der Waals surface area contributed by atoms with Crippen molar-refractivity contribution in [2.75, 3.05) is 25.1 Å². The molecule has 0 N–H and O–H groups in total. The summed E-state index contributed by atoms with van der Waals surface area (Å²) in [6.07, 6.45) is 7.51. The molecule has 1 saturated heterocycles. The zero-order valence-corrected chi connectivity index (χ0v) is 15.9. The summed E-state index contributed by atoms with van der Waals surface area (Å²) < 4.78 is 5.24. The van der Waals surface area contributed by atoms with Crippen LogP contribution in [0.25, 0.3) is 22.4 Å². The van der Waals surface area contributed by atoms with Crippen molar-refractivity contribution in [3.8, 4) is 28.1 Å². The molecule has 3 heterocycles. The lowest BCUT2D eigenvalue weighted by molar-refractivity contribution is 0.415. The van der Waals surface area contributed by atoms with Crippen molar-refractivity contribution in [3.05, 3.63) is 54.6 Å². The van der Waals surface area contributed by atoms with Gasteiger partial charge in [-0.2, -0.15) is 0 Å². The number of ether oxygens (including phenoxy) is 1. The molecule has 0 amide bonds.